The molecule has 0 aliphatic carbocycles. The van der Waals surface area contributed by atoms with E-state index in [9.17, 15) is 0 Å². The van der Waals surface area contributed by atoms with Gasteiger partial charge in [-0.1, -0.05) is 0 Å². The van der Waals surface area contributed by atoms with Gasteiger partial charge in [-0.25, -0.2) is 9.97 Å². The summed E-state index contributed by atoms with van der Waals surface area (Å²) in [5, 5.41) is 12.2. The fourth-order valence-electron chi connectivity index (χ4n) is 1.85. The molecule has 1 aromatic heterocycles. The summed E-state index contributed by atoms with van der Waals surface area (Å²) < 4.78 is 0. The molecule has 0 saturated carbocycles. The Hall–Kier alpha value is -1.67. The van der Waals surface area contributed by atoms with Gasteiger partial charge in [0.2, 0.25) is 0 Å². The molecule has 1 saturated heterocycles. The molecule has 1 N–H and O–H groups in total. The lowest BCUT2D eigenvalue weighted by atomic mass is 10.3. The SMILES string of the molecule is Cc1nc(C#N)cc(N2CCCNCC2)n1. The normalized spacial score (nSPS) is 16.6. The molecule has 0 radical (unpaired) electrons. The zero-order chi connectivity index (χ0) is 11.4. The summed E-state index contributed by atoms with van der Waals surface area (Å²) in [7, 11) is 0. The highest BCUT2D eigenvalue weighted by atomic mass is 15.2. The van der Waals surface area contributed by atoms with Crippen LogP contribution in [0.2, 0.25) is 0 Å². The molecule has 1 fully saturated rings. The fourth-order valence-corrected chi connectivity index (χ4v) is 1.85. The topological polar surface area (TPSA) is 64.8 Å². The van der Waals surface area contributed by atoms with E-state index in [0.29, 0.717) is 11.5 Å². The fraction of sp³-hybridized carbons (Fsp3) is 0.545. The molecule has 1 aliphatic rings. The van der Waals surface area contributed by atoms with Gasteiger partial charge in [0.25, 0.3) is 0 Å². The Labute approximate surface area is 95.1 Å². The van der Waals surface area contributed by atoms with Gasteiger partial charge in [-0.2, -0.15) is 5.26 Å². The molecule has 0 aromatic carbocycles. The Morgan fingerprint density at radius 1 is 1.38 bits per heavy atom. The maximum atomic E-state index is 8.87. The third kappa shape index (κ3) is 2.47. The lowest BCUT2D eigenvalue weighted by Gasteiger charge is -2.21. The van der Waals surface area contributed by atoms with Crippen LogP contribution in [0.1, 0.15) is 17.9 Å². The average molecular weight is 217 g/mol. The smallest absolute Gasteiger partial charge is 0.146 e. The van der Waals surface area contributed by atoms with Gasteiger partial charge in [-0.15, -0.1) is 0 Å². The lowest BCUT2D eigenvalue weighted by molar-refractivity contribution is 0.724. The molecule has 0 bridgehead atoms. The second kappa shape index (κ2) is 4.90. The number of anilines is 1. The molecule has 16 heavy (non-hydrogen) atoms. The van der Waals surface area contributed by atoms with Gasteiger partial charge < -0.3 is 10.2 Å². The predicted molar refractivity (Wildman–Crippen MR) is 61.2 cm³/mol. The van der Waals surface area contributed by atoms with E-state index in [4.69, 9.17) is 5.26 Å². The summed E-state index contributed by atoms with van der Waals surface area (Å²) in [6.45, 7) is 5.74. The minimum atomic E-state index is 0.444. The van der Waals surface area contributed by atoms with Gasteiger partial charge in [0.15, 0.2) is 0 Å². The van der Waals surface area contributed by atoms with Gasteiger partial charge >= 0.3 is 0 Å². The van der Waals surface area contributed by atoms with Crippen LogP contribution in [0.25, 0.3) is 0 Å². The van der Waals surface area contributed by atoms with Gasteiger partial charge in [-0.05, 0) is 19.9 Å². The lowest BCUT2D eigenvalue weighted by Crippen LogP contribution is -2.28. The highest BCUT2D eigenvalue weighted by molar-refractivity contribution is 5.43. The van der Waals surface area contributed by atoms with E-state index in [1.54, 1.807) is 6.07 Å². The molecule has 5 heteroatoms. The summed E-state index contributed by atoms with van der Waals surface area (Å²) in [4.78, 5) is 10.6. The number of aryl methyl sites for hydroxylation is 1. The van der Waals surface area contributed by atoms with E-state index in [0.717, 1.165) is 38.4 Å². The van der Waals surface area contributed by atoms with Crippen LogP contribution in [0.4, 0.5) is 5.82 Å². The van der Waals surface area contributed by atoms with Crippen LogP contribution in [0, 0.1) is 18.3 Å². The molecular formula is C11H15N5. The van der Waals surface area contributed by atoms with Crippen LogP contribution >= 0.6 is 0 Å². The first-order valence-electron chi connectivity index (χ1n) is 5.51. The molecule has 0 amide bonds. The minimum absolute atomic E-state index is 0.444. The van der Waals surface area contributed by atoms with Gasteiger partial charge in [0.1, 0.15) is 23.4 Å². The van der Waals surface area contributed by atoms with Crippen molar-refractivity contribution in [2.75, 3.05) is 31.1 Å². The monoisotopic (exact) mass is 217 g/mol. The highest BCUT2D eigenvalue weighted by Gasteiger charge is 2.12. The summed E-state index contributed by atoms with van der Waals surface area (Å²) in [5.74, 6) is 1.53. The minimum Gasteiger partial charge on any atom is -0.355 e. The molecule has 2 heterocycles. The van der Waals surface area contributed by atoms with Crippen LogP contribution in [0.15, 0.2) is 6.07 Å². The van der Waals surface area contributed by atoms with Crippen molar-refractivity contribution in [1.82, 2.24) is 15.3 Å². The maximum Gasteiger partial charge on any atom is 0.146 e. The van der Waals surface area contributed by atoms with E-state index in [1.807, 2.05) is 6.92 Å². The molecule has 1 aromatic rings. The molecule has 2 rings (SSSR count). The van der Waals surface area contributed by atoms with E-state index in [1.165, 1.54) is 0 Å². The number of hydrogen-bond acceptors (Lipinski definition) is 5. The number of nitrogens with one attached hydrogen (secondary N) is 1. The van der Waals surface area contributed by atoms with Crippen molar-refractivity contribution in [1.29, 1.82) is 5.26 Å². The predicted octanol–water partition coefficient (Wildman–Crippen LogP) is 0.456. The van der Waals surface area contributed by atoms with Crippen molar-refractivity contribution in [2.24, 2.45) is 0 Å². The number of nitrogens with zero attached hydrogens (tertiary/aromatic N) is 4. The summed E-state index contributed by atoms with van der Waals surface area (Å²) in [6.07, 6.45) is 1.10. The van der Waals surface area contributed by atoms with Crippen LogP contribution < -0.4 is 10.2 Å². The van der Waals surface area contributed by atoms with E-state index in [2.05, 4.69) is 26.3 Å². The average Bonchev–Trinajstić information content (AvgIpc) is 2.56. The van der Waals surface area contributed by atoms with Crippen molar-refractivity contribution in [3.63, 3.8) is 0 Å². The third-order valence-corrected chi connectivity index (χ3v) is 2.60. The summed E-state index contributed by atoms with van der Waals surface area (Å²) in [6, 6.07) is 3.83. The van der Waals surface area contributed by atoms with Crippen LogP contribution in [0.5, 0.6) is 0 Å². The molecule has 1 aliphatic heterocycles. The zero-order valence-corrected chi connectivity index (χ0v) is 9.40. The van der Waals surface area contributed by atoms with Crippen LogP contribution in [-0.2, 0) is 0 Å². The van der Waals surface area contributed by atoms with Crippen molar-refractivity contribution in [2.45, 2.75) is 13.3 Å². The van der Waals surface area contributed by atoms with Crippen molar-refractivity contribution < 1.29 is 0 Å². The molecule has 84 valence electrons. The van der Waals surface area contributed by atoms with Crippen molar-refractivity contribution in [3.8, 4) is 6.07 Å². The first-order chi connectivity index (χ1) is 7.79. The Kier molecular flexibility index (Phi) is 3.32. The van der Waals surface area contributed by atoms with Crippen LogP contribution in [-0.4, -0.2) is 36.1 Å². The molecule has 0 spiro atoms. The Morgan fingerprint density at radius 2 is 2.25 bits per heavy atom. The molecule has 5 nitrogen and oxygen atoms in total. The number of nitriles is 1. The van der Waals surface area contributed by atoms with Crippen molar-refractivity contribution in [3.05, 3.63) is 17.6 Å². The summed E-state index contributed by atoms with van der Waals surface area (Å²) >= 11 is 0. The Balaban J connectivity index is 2.24. The van der Waals surface area contributed by atoms with Gasteiger partial charge in [-0.3, -0.25) is 0 Å². The number of aromatic nitrogens is 2. The molecule has 0 atom stereocenters. The Bertz CT molecular complexity index is 401. The highest BCUT2D eigenvalue weighted by Crippen LogP contribution is 2.13. The molecular weight excluding hydrogens is 202 g/mol. The van der Waals surface area contributed by atoms with Crippen LogP contribution in [0.3, 0.4) is 0 Å². The zero-order valence-electron chi connectivity index (χ0n) is 9.40. The standard InChI is InChI=1S/C11H15N5/c1-9-14-10(8-12)7-11(15-9)16-5-2-3-13-4-6-16/h7,13H,2-6H2,1H3. The van der Waals surface area contributed by atoms with Gasteiger partial charge in [0.05, 0.1) is 0 Å². The maximum absolute atomic E-state index is 8.87. The number of hydrogen-bond donors (Lipinski definition) is 1. The molecule has 0 unspecified atom stereocenters. The third-order valence-electron chi connectivity index (χ3n) is 2.60. The largest absolute Gasteiger partial charge is 0.355 e. The van der Waals surface area contributed by atoms with E-state index in [-0.39, 0.29) is 0 Å². The van der Waals surface area contributed by atoms with Crippen molar-refractivity contribution >= 4 is 5.82 Å². The van der Waals surface area contributed by atoms with E-state index >= 15 is 0 Å². The van der Waals surface area contributed by atoms with Gasteiger partial charge in [0, 0.05) is 25.7 Å². The summed E-state index contributed by atoms with van der Waals surface area (Å²) in [5.41, 5.74) is 0.444. The Morgan fingerprint density at radius 3 is 3.06 bits per heavy atom. The quantitative estimate of drug-likeness (QED) is 0.740. The first-order valence-corrected chi connectivity index (χ1v) is 5.51. The number of rotatable bonds is 1. The second-order valence-electron chi connectivity index (χ2n) is 3.86. The second-order valence-corrected chi connectivity index (χ2v) is 3.86. The van der Waals surface area contributed by atoms with E-state index < -0.39 is 0 Å². The first kappa shape index (κ1) is 10.8.